The molecule has 5 heteroatoms. The predicted molar refractivity (Wildman–Crippen MR) is 62.3 cm³/mol. The summed E-state index contributed by atoms with van der Waals surface area (Å²) in [6.07, 6.45) is 0. The normalized spacial score (nSPS) is 10.4. The smallest absolute Gasteiger partial charge is 0.229 e. The van der Waals surface area contributed by atoms with Crippen molar-refractivity contribution in [2.45, 2.75) is 13.8 Å². The first kappa shape index (κ1) is 11.0. The third-order valence-corrected chi connectivity index (χ3v) is 2.44. The summed E-state index contributed by atoms with van der Waals surface area (Å²) < 4.78 is 7.14. The highest BCUT2D eigenvalue weighted by atomic mass is 35.5. The van der Waals surface area contributed by atoms with E-state index in [1.165, 1.54) is 0 Å². The van der Waals surface area contributed by atoms with Crippen molar-refractivity contribution in [1.82, 2.24) is 14.8 Å². The number of halogens is 1. The Bertz CT molecular complexity index is 459. The van der Waals surface area contributed by atoms with Gasteiger partial charge in [0.2, 0.25) is 5.28 Å². The highest BCUT2D eigenvalue weighted by molar-refractivity contribution is 6.28. The standard InChI is InChI=1S/C11H12ClN3O/c1-3-16-10-6-4-9(5-7-10)15-8(2)13-14-11(15)12/h4-7H,3H2,1-2H3. The molecule has 0 saturated heterocycles. The minimum absolute atomic E-state index is 0.363. The van der Waals surface area contributed by atoms with Crippen LogP contribution in [0.4, 0.5) is 0 Å². The van der Waals surface area contributed by atoms with E-state index in [0.717, 1.165) is 17.3 Å². The summed E-state index contributed by atoms with van der Waals surface area (Å²) in [4.78, 5) is 0. The fraction of sp³-hybridized carbons (Fsp3) is 0.273. The van der Waals surface area contributed by atoms with Crippen molar-refractivity contribution in [3.63, 3.8) is 0 Å². The maximum Gasteiger partial charge on any atom is 0.229 e. The molecule has 1 aromatic heterocycles. The van der Waals surface area contributed by atoms with Gasteiger partial charge in [0.15, 0.2) is 0 Å². The van der Waals surface area contributed by atoms with Crippen LogP contribution in [0, 0.1) is 6.92 Å². The summed E-state index contributed by atoms with van der Waals surface area (Å²) in [5.74, 6) is 1.60. The monoisotopic (exact) mass is 237 g/mol. The molecule has 0 amide bonds. The molecule has 16 heavy (non-hydrogen) atoms. The number of ether oxygens (including phenoxy) is 1. The van der Waals surface area contributed by atoms with Gasteiger partial charge in [-0.3, -0.25) is 4.57 Å². The number of aromatic nitrogens is 3. The molecule has 0 N–H and O–H groups in total. The summed E-state index contributed by atoms with van der Waals surface area (Å²) in [5.41, 5.74) is 0.927. The molecular formula is C11H12ClN3O. The van der Waals surface area contributed by atoms with E-state index in [1.807, 2.05) is 38.1 Å². The number of hydrogen-bond acceptors (Lipinski definition) is 3. The molecule has 0 aliphatic rings. The number of nitrogens with zero attached hydrogens (tertiary/aromatic N) is 3. The zero-order chi connectivity index (χ0) is 11.5. The Labute approximate surface area is 98.8 Å². The van der Waals surface area contributed by atoms with E-state index in [0.29, 0.717) is 11.9 Å². The van der Waals surface area contributed by atoms with Gasteiger partial charge in [-0.1, -0.05) is 0 Å². The van der Waals surface area contributed by atoms with Crippen LogP contribution in [0.1, 0.15) is 12.7 Å². The maximum atomic E-state index is 5.94. The van der Waals surface area contributed by atoms with E-state index >= 15 is 0 Å². The molecule has 0 unspecified atom stereocenters. The van der Waals surface area contributed by atoms with Crippen LogP contribution in [0.5, 0.6) is 5.75 Å². The summed E-state index contributed by atoms with van der Waals surface area (Å²) in [5, 5.41) is 8.06. The first-order chi connectivity index (χ1) is 7.72. The molecule has 0 aliphatic heterocycles. The molecule has 0 radical (unpaired) electrons. The van der Waals surface area contributed by atoms with Gasteiger partial charge in [-0.2, -0.15) is 0 Å². The van der Waals surface area contributed by atoms with Crippen molar-refractivity contribution in [2.24, 2.45) is 0 Å². The quantitative estimate of drug-likeness (QED) is 0.824. The number of benzene rings is 1. The second-order valence-corrected chi connectivity index (χ2v) is 3.62. The second-order valence-electron chi connectivity index (χ2n) is 3.28. The van der Waals surface area contributed by atoms with Crippen molar-refractivity contribution in [1.29, 1.82) is 0 Å². The number of aryl methyl sites for hydroxylation is 1. The summed E-state index contributed by atoms with van der Waals surface area (Å²) >= 11 is 5.94. The van der Waals surface area contributed by atoms with Crippen molar-refractivity contribution in [2.75, 3.05) is 6.61 Å². The molecule has 0 spiro atoms. The van der Waals surface area contributed by atoms with Gasteiger partial charge in [0.05, 0.1) is 12.3 Å². The molecule has 1 aromatic carbocycles. The van der Waals surface area contributed by atoms with Gasteiger partial charge in [-0.15, -0.1) is 10.2 Å². The fourth-order valence-corrected chi connectivity index (χ4v) is 1.75. The molecule has 0 bridgehead atoms. The zero-order valence-corrected chi connectivity index (χ0v) is 9.90. The van der Waals surface area contributed by atoms with Gasteiger partial charge >= 0.3 is 0 Å². The van der Waals surface area contributed by atoms with Gasteiger partial charge in [-0.25, -0.2) is 0 Å². The molecule has 0 fully saturated rings. The third-order valence-electron chi connectivity index (χ3n) is 2.19. The van der Waals surface area contributed by atoms with Gasteiger partial charge in [0.1, 0.15) is 11.6 Å². The largest absolute Gasteiger partial charge is 0.494 e. The Kier molecular flexibility index (Phi) is 3.10. The summed E-state index contributed by atoms with van der Waals surface area (Å²) in [6.45, 7) is 4.47. The first-order valence-corrected chi connectivity index (χ1v) is 5.41. The highest BCUT2D eigenvalue weighted by Crippen LogP contribution is 2.19. The van der Waals surface area contributed by atoms with Crippen LogP contribution < -0.4 is 4.74 Å². The molecule has 4 nitrogen and oxygen atoms in total. The summed E-state index contributed by atoms with van der Waals surface area (Å²) in [7, 11) is 0. The van der Waals surface area contributed by atoms with Gasteiger partial charge < -0.3 is 4.74 Å². The summed E-state index contributed by atoms with van der Waals surface area (Å²) in [6, 6.07) is 7.64. The van der Waals surface area contributed by atoms with Crippen molar-refractivity contribution < 1.29 is 4.74 Å². The minimum atomic E-state index is 0.363. The molecule has 2 aromatic rings. The molecule has 0 saturated carbocycles. The van der Waals surface area contributed by atoms with Crippen LogP contribution in [-0.2, 0) is 0 Å². The highest BCUT2D eigenvalue weighted by Gasteiger charge is 2.07. The van der Waals surface area contributed by atoms with Crippen molar-refractivity contribution >= 4 is 11.6 Å². The van der Waals surface area contributed by atoms with Crippen LogP contribution in [0.2, 0.25) is 5.28 Å². The maximum absolute atomic E-state index is 5.94. The minimum Gasteiger partial charge on any atom is -0.494 e. The predicted octanol–water partition coefficient (Wildman–Crippen LogP) is 2.63. The third kappa shape index (κ3) is 2.02. The van der Waals surface area contributed by atoms with Crippen molar-refractivity contribution in [3.8, 4) is 11.4 Å². The lowest BCUT2D eigenvalue weighted by Crippen LogP contribution is -1.97. The zero-order valence-electron chi connectivity index (χ0n) is 9.14. The fourth-order valence-electron chi connectivity index (χ4n) is 1.49. The molecule has 0 atom stereocenters. The van der Waals surface area contributed by atoms with E-state index in [2.05, 4.69) is 10.2 Å². The van der Waals surface area contributed by atoms with E-state index in [1.54, 1.807) is 4.57 Å². The van der Waals surface area contributed by atoms with E-state index in [-0.39, 0.29) is 0 Å². The second kappa shape index (κ2) is 4.53. The van der Waals surface area contributed by atoms with Gasteiger partial charge in [0.25, 0.3) is 0 Å². The lowest BCUT2D eigenvalue weighted by molar-refractivity contribution is 0.340. The van der Waals surface area contributed by atoms with Crippen LogP contribution >= 0.6 is 11.6 Å². The van der Waals surface area contributed by atoms with Crippen LogP contribution in [0.3, 0.4) is 0 Å². The molecule has 1 heterocycles. The van der Waals surface area contributed by atoms with Gasteiger partial charge in [-0.05, 0) is 49.7 Å². The van der Waals surface area contributed by atoms with E-state index in [9.17, 15) is 0 Å². The number of hydrogen-bond donors (Lipinski definition) is 0. The lowest BCUT2D eigenvalue weighted by atomic mass is 10.3. The van der Waals surface area contributed by atoms with Crippen molar-refractivity contribution in [3.05, 3.63) is 35.4 Å². The molecule has 2 rings (SSSR count). The average molecular weight is 238 g/mol. The Morgan fingerprint density at radius 3 is 2.44 bits per heavy atom. The van der Waals surface area contributed by atoms with Crippen LogP contribution in [0.25, 0.3) is 5.69 Å². The molecule has 0 aliphatic carbocycles. The topological polar surface area (TPSA) is 39.9 Å². The first-order valence-electron chi connectivity index (χ1n) is 5.03. The Morgan fingerprint density at radius 1 is 1.25 bits per heavy atom. The van der Waals surface area contributed by atoms with Crippen LogP contribution in [-0.4, -0.2) is 21.4 Å². The van der Waals surface area contributed by atoms with E-state index in [4.69, 9.17) is 16.3 Å². The van der Waals surface area contributed by atoms with Gasteiger partial charge in [0, 0.05) is 0 Å². The SMILES string of the molecule is CCOc1ccc(-n2c(C)nnc2Cl)cc1. The number of rotatable bonds is 3. The lowest BCUT2D eigenvalue weighted by Gasteiger charge is -2.07. The Balaban J connectivity index is 2.35. The van der Waals surface area contributed by atoms with Crippen LogP contribution in [0.15, 0.2) is 24.3 Å². The van der Waals surface area contributed by atoms with E-state index < -0.39 is 0 Å². The Morgan fingerprint density at radius 2 is 1.94 bits per heavy atom. The Hall–Kier alpha value is -1.55. The average Bonchev–Trinajstić information content (AvgIpc) is 2.61. The molecule has 84 valence electrons. The molecular weight excluding hydrogens is 226 g/mol.